The fourth-order valence-electron chi connectivity index (χ4n) is 3.52. The molecule has 1 saturated carbocycles. The third-order valence-corrected chi connectivity index (χ3v) is 5.05. The summed E-state index contributed by atoms with van der Waals surface area (Å²) in [5.41, 5.74) is -0.0619. The summed E-state index contributed by atoms with van der Waals surface area (Å²) in [5, 5.41) is 2.37. The van der Waals surface area contributed by atoms with Crippen molar-refractivity contribution in [2.24, 2.45) is 0 Å². The number of nitrogens with zero attached hydrogens (tertiary/aromatic N) is 3. The average Bonchev–Trinajstić information content (AvgIpc) is 3.30. The van der Waals surface area contributed by atoms with Crippen LogP contribution in [0.15, 0.2) is 37.2 Å². The number of halogens is 3. The van der Waals surface area contributed by atoms with E-state index in [1.54, 1.807) is 0 Å². The number of rotatable bonds is 4. The second-order valence-electron chi connectivity index (χ2n) is 6.93. The molecule has 1 fully saturated rings. The number of anilines is 1. The SMILES string of the molecule is C=C(F)c1ccc2c(c1)[C@@]1(C[C@H]1F)CN(CC(=O)Nc1ncc(F)cn1)C2=O. The summed E-state index contributed by atoms with van der Waals surface area (Å²) in [6.45, 7) is 2.89. The van der Waals surface area contributed by atoms with Gasteiger partial charge >= 0.3 is 0 Å². The van der Waals surface area contributed by atoms with Crippen LogP contribution in [0.5, 0.6) is 0 Å². The van der Waals surface area contributed by atoms with E-state index >= 15 is 0 Å². The van der Waals surface area contributed by atoms with Crippen molar-refractivity contribution in [1.29, 1.82) is 0 Å². The fraction of sp³-hybridized carbons (Fsp3) is 0.263. The first-order valence-electron chi connectivity index (χ1n) is 8.50. The topological polar surface area (TPSA) is 75.2 Å². The van der Waals surface area contributed by atoms with E-state index in [2.05, 4.69) is 21.9 Å². The lowest BCUT2D eigenvalue weighted by atomic mass is 9.85. The highest BCUT2D eigenvalue weighted by Crippen LogP contribution is 2.54. The highest BCUT2D eigenvalue weighted by atomic mass is 19.1. The van der Waals surface area contributed by atoms with Crippen molar-refractivity contribution in [2.75, 3.05) is 18.4 Å². The van der Waals surface area contributed by atoms with Gasteiger partial charge in [0, 0.05) is 23.1 Å². The Morgan fingerprint density at radius 2 is 2.04 bits per heavy atom. The minimum absolute atomic E-state index is 0.0000891. The second-order valence-corrected chi connectivity index (χ2v) is 6.93. The van der Waals surface area contributed by atoms with Crippen LogP contribution in [0.25, 0.3) is 5.83 Å². The van der Waals surface area contributed by atoms with Gasteiger partial charge in [-0.25, -0.2) is 23.1 Å². The molecule has 1 N–H and O–H groups in total. The molecule has 2 heterocycles. The normalized spacial score (nSPS) is 22.8. The number of aromatic nitrogens is 2. The number of carbonyl (C=O) groups excluding carboxylic acids is 2. The van der Waals surface area contributed by atoms with Crippen molar-refractivity contribution in [3.05, 3.63) is 59.7 Å². The highest BCUT2D eigenvalue weighted by molar-refractivity contribution is 6.01. The predicted octanol–water partition coefficient (Wildman–Crippen LogP) is 2.63. The van der Waals surface area contributed by atoms with Crippen LogP contribution >= 0.6 is 0 Å². The van der Waals surface area contributed by atoms with Crippen LogP contribution in [0.3, 0.4) is 0 Å². The molecule has 0 radical (unpaired) electrons. The first kappa shape index (κ1) is 18.1. The zero-order valence-electron chi connectivity index (χ0n) is 14.6. The van der Waals surface area contributed by atoms with Crippen LogP contribution in [0.2, 0.25) is 0 Å². The molecule has 0 bridgehead atoms. The molecular weight excluding hydrogens is 373 g/mol. The molecule has 144 valence electrons. The number of benzene rings is 1. The summed E-state index contributed by atoms with van der Waals surface area (Å²) in [5.74, 6) is -2.47. The first-order chi connectivity index (χ1) is 13.3. The Hall–Kier alpha value is -3.23. The van der Waals surface area contributed by atoms with Gasteiger partial charge in [0.25, 0.3) is 5.91 Å². The average molecular weight is 388 g/mol. The van der Waals surface area contributed by atoms with E-state index in [0.717, 1.165) is 12.4 Å². The van der Waals surface area contributed by atoms with Crippen LogP contribution in [0.1, 0.15) is 27.9 Å². The summed E-state index contributed by atoms with van der Waals surface area (Å²) >= 11 is 0. The summed E-state index contributed by atoms with van der Waals surface area (Å²) < 4.78 is 40.6. The number of hydrogen-bond acceptors (Lipinski definition) is 4. The molecule has 9 heteroatoms. The number of carbonyl (C=O) groups is 2. The number of hydrogen-bond donors (Lipinski definition) is 1. The standard InChI is InChI=1S/C19H15F3N4O2/c1-10(20)11-2-3-13-14(4-11)19(5-15(19)22)9-26(17(13)28)8-16(27)25-18-23-6-12(21)7-24-18/h2-4,6-7,15H,1,5,8-9H2,(H,23,24,25,27)/t15-,19-/m1/s1. The van der Waals surface area contributed by atoms with Crippen LogP contribution in [-0.4, -0.2) is 45.9 Å². The minimum atomic E-state index is -1.19. The second kappa shape index (κ2) is 6.43. The monoisotopic (exact) mass is 388 g/mol. The van der Waals surface area contributed by atoms with Gasteiger partial charge in [-0.05, 0) is 24.1 Å². The molecule has 2 aromatic rings. The van der Waals surface area contributed by atoms with Crippen molar-refractivity contribution < 1.29 is 22.8 Å². The molecule has 1 aliphatic heterocycles. The lowest BCUT2D eigenvalue weighted by Gasteiger charge is -2.34. The molecule has 2 amide bonds. The summed E-state index contributed by atoms with van der Waals surface area (Å²) in [6, 6.07) is 4.29. The molecule has 28 heavy (non-hydrogen) atoms. The Labute approximate surface area is 158 Å². The van der Waals surface area contributed by atoms with Gasteiger partial charge in [0.1, 0.15) is 18.5 Å². The minimum Gasteiger partial charge on any atom is -0.328 e. The van der Waals surface area contributed by atoms with Gasteiger partial charge in [0.05, 0.1) is 12.4 Å². The van der Waals surface area contributed by atoms with E-state index < -0.39 is 35.0 Å². The maximum absolute atomic E-state index is 14.3. The van der Waals surface area contributed by atoms with Gasteiger partial charge in [0.2, 0.25) is 11.9 Å². The Balaban J connectivity index is 1.57. The van der Waals surface area contributed by atoms with Crippen molar-refractivity contribution in [2.45, 2.75) is 18.0 Å². The predicted molar refractivity (Wildman–Crippen MR) is 94.3 cm³/mol. The van der Waals surface area contributed by atoms with E-state index in [1.165, 1.54) is 23.1 Å². The van der Waals surface area contributed by atoms with E-state index in [0.29, 0.717) is 5.56 Å². The third-order valence-electron chi connectivity index (χ3n) is 5.05. The Morgan fingerprint density at radius 3 is 2.64 bits per heavy atom. The zero-order valence-corrected chi connectivity index (χ0v) is 14.6. The lowest BCUT2D eigenvalue weighted by molar-refractivity contribution is -0.117. The summed E-state index contributed by atoms with van der Waals surface area (Å²) in [6.07, 6.45) is 0.796. The molecule has 0 unspecified atom stereocenters. The molecular formula is C19H15F3N4O2. The van der Waals surface area contributed by atoms with Gasteiger partial charge in [-0.3, -0.25) is 14.9 Å². The maximum Gasteiger partial charge on any atom is 0.254 e. The summed E-state index contributed by atoms with van der Waals surface area (Å²) in [4.78, 5) is 33.5. The van der Waals surface area contributed by atoms with E-state index in [1.807, 2.05) is 0 Å². The van der Waals surface area contributed by atoms with Crippen molar-refractivity contribution in [3.8, 4) is 0 Å². The first-order valence-corrected chi connectivity index (χ1v) is 8.50. The summed E-state index contributed by atoms with van der Waals surface area (Å²) in [7, 11) is 0. The van der Waals surface area contributed by atoms with E-state index in [9.17, 15) is 22.8 Å². The van der Waals surface area contributed by atoms with Gasteiger partial charge in [-0.1, -0.05) is 12.6 Å². The number of alkyl halides is 1. The van der Waals surface area contributed by atoms with E-state index in [-0.39, 0.29) is 36.6 Å². The molecule has 1 aliphatic carbocycles. The number of fused-ring (bicyclic) bond motifs is 2. The highest BCUT2D eigenvalue weighted by Gasteiger charge is 2.61. The van der Waals surface area contributed by atoms with Gasteiger partial charge in [0.15, 0.2) is 5.82 Å². The molecule has 1 spiro atoms. The molecule has 2 aliphatic rings. The maximum atomic E-state index is 14.3. The fourth-order valence-corrected chi connectivity index (χ4v) is 3.52. The van der Waals surface area contributed by atoms with Crippen LogP contribution in [0, 0.1) is 5.82 Å². The van der Waals surface area contributed by atoms with Crippen molar-refractivity contribution in [1.82, 2.24) is 14.9 Å². The Morgan fingerprint density at radius 1 is 1.36 bits per heavy atom. The van der Waals surface area contributed by atoms with Gasteiger partial charge in [-0.15, -0.1) is 0 Å². The lowest BCUT2D eigenvalue weighted by Crippen LogP contribution is -2.47. The molecule has 6 nitrogen and oxygen atoms in total. The number of nitrogens with one attached hydrogen (secondary N) is 1. The van der Waals surface area contributed by atoms with Crippen LogP contribution in [-0.2, 0) is 10.2 Å². The van der Waals surface area contributed by atoms with E-state index in [4.69, 9.17) is 0 Å². The Bertz CT molecular complexity index is 995. The molecule has 4 rings (SSSR count). The van der Waals surface area contributed by atoms with Crippen LogP contribution < -0.4 is 5.32 Å². The molecule has 1 aromatic carbocycles. The largest absolute Gasteiger partial charge is 0.328 e. The van der Waals surface area contributed by atoms with Gasteiger partial charge < -0.3 is 4.90 Å². The molecule has 0 saturated heterocycles. The third kappa shape index (κ3) is 3.02. The molecule has 2 atom stereocenters. The van der Waals surface area contributed by atoms with Crippen molar-refractivity contribution in [3.63, 3.8) is 0 Å². The number of amides is 2. The van der Waals surface area contributed by atoms with Crippen molar-refractivity contribution >= 4 is 23.6 Å². The van der Waals surface area contributed by atoms with Gasteiger partial charge in [-0.2, -0.15) is 0 Å². The Kier molecular flexibility index (Phi) is 4.17. The molecule has 1 aromatic heterocycles. The smallest absolute Gasteiger partial charge is 0.254 e. The quantitative estimate of drug-likeness (QED) is 0.874. The zero-order chi connectivity index (χ0) is 20.1. The van der Waals surface area contributed by atoms with Crippen LogP contribution in [0.4, 0.5) is 19.1 Å².